The van der Waals surface area contributed by atoms with E-state index in [-0.39, 0.29) is 5.92 Å². The van der Waals surface area contributed by atoms with Crippen molar-refractivity contribution in [2.75, 3.05) is 27.2 Å². The van der Waals surface area contributed by atoms with E-state index in [4.69, 9.17) is 11.3 Å². The Labute approximate surface area is 183 Å². The molecule has 0 bridgehead atoms. The lowest BCUT2D eigenvalue weighted by Gasteiger charge is -2.28. The maximum atomic E-state index is 8.10. The number of methoxy groups -OCH3 is 1. The minimum Gasteiger partial charge on any atom is -0.496 e. The summed E-state index contributed by atoms with van der Waals surface area (Å²) in [5, 5.41) is 0. The fraction of sp³-hybridized carbons (Fsp3) is 0.519. The number of nitrogens with zero attached hydrogens (tertiary/aromatic N) is 2. The number of ether oxygens (including phenoxy) is 1. The van der Waals surface area contributed by atoms with Crippen molar-refractivity contribution in [1.82, 2.24) is 4.90 Å². The molecule has 162 valence electrons. The monoisotopic (exact) mass is 406 g/mol. The summed E-state index contributed by atoms with van der Waals surface area (Å²) in [4.78, 5) is 6.60. The Balaban J connectivity index is 2.07. The first-order valence-electron chi connectivity index (χ1n) is 11.0. The van der Waals surface area contributed by atoms with Gasteiger partial charge in [0, 0.05) is 24.4 Å². The van der Waals surface area contributed by atoms with Crippen LogP contribution in [0.2, 0.25) is 0 Å². The Morgan fingerprint density at radius 2 is 1.83 bits per heavy atom. The topological polar surface area (TPSA) is 16.8 Å². The van der Waals surface area contributed by atoms with E-state index in [9.17, 15) is 0 Å². The van der Waals surface area contributed by atoms with Crippen molar-refractivity contribution in [3.63, 3.8) is 0 Å². The molecular formula is C27H38N2O. The average molecular weight is 407 g/mol. The quantitative estimate of drug-likeness (QED) is 0.428. The molecule has 0 aromatic heterocycles. The molecule has 0 fully saturated rings. The SMILES string of the molecule is [C-]#[N+]C(CCCN(C)CCc1cccc(C)c1)(c1cc(C)c(C)c(OC)c1)C(C)C. The molecule has 2 aromatic rings. The van der Waals surface area contributed by atoms with E-state index in [1.807, 2.05) is 0 Å². The molecular weight excluding hydrogens is 368 g/mol. The normalized spacial score (nSPS) is 13.3. The second-order valence-corrected chi connectivity index (χ2v) is 8.96. The third-order valence-corrected chi connectivity index (χ3v) is 6.46. The van der Waals surface area contributed by atoms with Crippen molar-refractivity contribution >= 4 is 0 Å². The summed E-state index contributed by atoms with van der Waals surface area (Å²) in [6.45, 7) is 20.8. The lowest BCUT2D eigenvalue weighted by atomic mass is 9.76. The molecule has 0 aliphatic carbocycles. The van der Waals surface area contributed by atoms with Crippen LogP contribution >= 0.6 is 0 Å². The number of likely N-dealkylation sites (N-methyl/N-ethyl adjacent to an activating group) is 1. The van der Waals surface area contributed by atoms with Gasteiger partial charge in [-0.1, -0.05) is 43.7 Å². The molecule has 0 saturated carbocycles. The summed E-state index contributed by atoms with van der Waals surface area (Å²) < 4.78 is 5.60. The molecule has 0 aliphatic rings. The van der Waals surface area contributed by atoms with Gasteiger partial charge < -0.3 is 14.5 Å². The first-order valence-corrected chi connectivity index (χ1v) is 11.0. The second-order valence-electron chi connectivity index (χ2n) is 8.96. The number of hydrogen-bond acceptors (Lipinski definition) is 2. The van der Waals surface area contributed by atoms with Crippen molar-refractivity contribution in [2.24, 2.45) is 5.92 Å². The van der Waals surface area contributed by atoms with Gasteiger partial charge in [0.2, 0.25) is 0 Å². The van der Waals surface area contributed by atoms with Gasteiger partial charge in [0.15, 0.2) is 0 Å². The largest absolute Gasteiger partial charge is 0.496 e. The molecule has 3 nitrogen and oxygen atoms in total. The highest BCUT2D eigenvalue weighted by molar-refractivity contribution is 5.46. The van der Waals surface area contributed by atoms with Crippen molar-refractivity contribution < 1.29 is 4.74 Å². The molecule has 0 amide bonds. The lowest BCUT2D eigenvalue weighted by molar-refractivity contribution is 0.287. The second kappa shape index (κ2) is 10.6. The van der Waals surface area contributed by atoms with Crippen LogP contribution in [-0.2, 0) is 12.0 Å². The molecule has 2 rings (SSSR count). The molecule has 1 atom stereocenters. The minimum absolute atomic E-state index is 0.236. The third-order valence-electron chi connectivity index (χ3n) is 6.46. The molecule has 0 saturated heterocycles. The Morgan fingerprint density at radius 1 is 1.10 bits per heavy atom. The average Bonchev–Trinajstić information content (AvgIpc) is 2.71. The first kappa shape index (κ1) is 24.0. The van der Waals surface area contributed by atoms with Crippen LogP contribution in [-0.4, -0.2) is 32.1 Å². The summed E-state index contributed by atoms with van der Waals surface area (Å²) in [5.74, 6) is 1.12. The highest BCUT2D eigenvalue weighted by Gasteiger charge is 2.42. The van der Waals surface area contributed by atoms with Gasteiger partial charge in [0.05, 0.1) is 7.11 Å². The van der Waals surface area contributed by atoms with Crippen LogP contribution in [0.4, 0.5) is 0 Å². The Kier molecular flexibility index (Phi) is 8.50. The van der Waals surface area contributed by atoms with E-state index < -0.39 is 5.54 Å². The van der Waals surface area contributed by atoms with Crippen LogP contribution in [0.3, 0.4) is 0 Å². The van der Waals surface area contributed by atoms with Crippen LogP contribution in [0, 0.1) is 33.3 Å². The van der Waals surface area contributed by atoms with Crippen molar-refractivity contribution in [3.05, 3.63) is 75.6 Å². The summed E-state index contributed by atoms with van der Waals surface area (Å²) in [5.41, 5.74) is 5.63. The Morgan fingerprint density at radius 3 is 2.43 bits per heavy atom. The summed E-state index contributed by atoms with van der Waals surface area (Å²) in [6.07, 6.45) is 2.92. The highest BCUT2D eigenvalue weighted by atomic mass is 16.5. The Hall–Kier alpha value is -2.31. The molecule has 1 unspecified atom stereocenters. The van der Waals surface area contributed by atoms with E-state index >= 15 is 0 Å². The lowest BCUT2D eigenvalue weighted by Crippen LogP contribution is -2.31. The molecule has 0 radical (unpaired) electrons. The molecule has 0 heterocycles. The van der Waals surface area contributed by atoms with Gasteiger partial charge in [0.25, 0.3) is 5.54 Å². The molecule has 0 N–H and O–H groups in total. The smallest absolute Gasteiger partial charge is 0.259 e. The standard InChI is InChI=1S/C27H38N2O/c1-20(2)27(28-6,25-18-22(4)23(5)26(19-25)30-8)14-10-15-29(7)16-13-24-12-9-11-21(3)17-24/h9,11-12,17-20H,10,13-16H2,1-5,7-8H3. The van der Waals surface area contributed by atoms with Gasteiger partial charge in [-0.15, -0.1) is 0 Å². The van der Waals surface area contributed by atoms with E-state index in [0.717, 1.165) is 49.2 Å². The maximum Gasteiger partial charge on any atom is 0.259 e. The van der Waals surface area contributed by atoms with Gasteiger partial charge in [-0.3, -0.25) is 0 Å². The fourth-order valence-corrected chi connectivity index (χ4v) is 4.22. The van der Waals surface area contributed by atoms with Crippen molar-refractivity contribution in [2.45, 2.75) is 59.4 Å². The van der Waals surface area contributed by atoms with Gasteiger partial charge in [0.1, 0.15) is 5.75 Å². The van der Waals surface area contributed by atoms with E-state index in [1.54, 1.807) is 7.11 Å². The van der Waals surface area contributed by atoms with Gasteiger partial charge >= 0.3 is 0 Å². The van der Waals surface area contributed by atoms with Crippen LogP contribution in [0.15, 0.2) is 36.4 Å². The van der Waals surface area contributed by atoms with Crippen LogP contribution in [0.5, 0.6) is 5.75 Å². The van der Waals surface area contributed by atoms with Crippen LogP contribution in [0.25, 0.3) is 4.85 Å². The zero-order valence-electron chi connectivity index (χ0n) is 19.9. The van der Waals surface area contributed by atoms with Crippen molar-refractivity contribution in [3.8, 4) is 5.75 Å². The minimum atomic E-state index is -0.511. The number of hydrogen-bond donors (Lipinski definition) is 0. The summed E-state index contributed by atoms with van der Waals surface area (Å²) in [6, 6.07) is 13.0. The summed E-state index contributed by atoms with van der Waals surface area (Å²) in [7, 11) is 3.90. The van der Waals surface area contributed by atoms with Crippen LogP contribution < -0.4 is 4.74 Å². The van der Waals surface area contributed by atoms with Gasteiger partial charge in [-0.2, -0.15) is 0 Å². The molecule has 2 aromatic carbocycles. The number of benzene rings is 2. The predicted molar refractivity (Wildman–Crippen MR) is 127 cm³/mol. The van der Waals surface area contributed by atoms with Crippen LogP contribution in [0.1, 0.15) is 54.5 Å². The molecule has 30 heavy (non-hydrogen) atoms. The highest BCUT2D eigenvalue weighted by Crippen LogP contribution is 2.41. The Bertz CT molecular complexity index is 881. The zero-order valence-corrected chi connectivity index (χ0v) is 19.9. The van der Waals surface area contributed by atoms with Gasteiger partial charge in [-0.05, 0) is 76.0 Å². The molecule has 0 spiro atoms. The summed E-state index contributed by atoms with van der Waals surface area (Å²) >= 11 is 0. The van der Waals surface area contributed by atoms with E-state index in [2.05, 4.69) is 87.8 Å². The van der Waals surface area contributed by atoms with E-state index in [1.165, 1.54) is 16.7 Å². The van der Waals surface area contributed by atoms with E-state index in [0.29, 0.717) is 0 Å². The molecule has 3 heteroatoms. The van der Waals surface area contributed by atoms with Crippen molar-refractivity contribution in [1.29, 1.82) is 0 Å². The van der Waals surface area contributed by atoms with Gasteiger partial charge in [-0.25, -0.2) is 6.57 Å². The number of rotatable bonds is 10. The third kappa shape index (κ3) is 5.64. The maximum absolute atomic E-state index is 8.10. The predicted octanol–water partition coefficient (Wildman–Crippen LogP) is 6.35. The first-order chi connectivity index (χ1) is 14.2. The molecule has 0 aliphatic heterocycles. The number of aryl methyl sites for hydroxylation is 2. The fourth-order valence-electron chi connectivity index (χ4n) is 4.22. The zero-order chi connectivity index (χ0) is 22.3.